The second kappa shape index (κ2) is 9.34. The summed E-state index contributed by atoms with van der Waals surface area (Å²) in [5.41, 5.74) is 5.77. The van der Waals surface area contributed by atoms with Gasteiger partial charge in [-0.25, -0.2) is 0 Å². The van der Waals surface area contributed by atoms with Gasteiger partial charge >= 0.3 is 21.1 Å². The number of nitrogens with zero attached hydrogens (tertiary/aromatic N) is 3. The van der Waals surface area contributed by atoms with Crippen LogP contribution in [0.5, 0.6) is 11.5 Å². The van der Waals surface area contributed by atoms with Crippen LogP contribution in [-0.2, 0) is 21.1 Å². The minimum Gasteiger partial charge on any atom is -0.497 e. The molecule has 8 aromatic rings. The Balaban J connectivity index is 0.00000253. The fraction of sp³-hybridized carbons (Fsp3) is 0. The van der Waals surface area contributed by atoms with E-state index in [4.69, 9.17) is 9.72 Å². The number of fused-ring (bicyclic) bond motifs is 9. The van der Waals surface area contributed by atoms with Crippen LogP contribution in [-0.4, -0.2) is 14.4 Å². The molecule has 0 aliphatic rings. The van der Waals surface area contributed by atoms with Crippen molar-refractivity contribution in [2.75, 3.05) is 0 Å². The zero-order valence-corrected chi connectivity index (χ0v) is 22.8. The van der Waals surface area contributed by atoms with Gasteiger partial charge in [0.2, 0.25) is 0 Å². The van der Waals surface area contributed by atoms with E-state index in [2.05, 4.69) is 70.0 Å². The minimum absolute atomic E-state index is 0. The minimum atomic E-state index is 0. The summed E-state index contributed by atoms with van der Waals surface area (Å²) in [6.45, 7) is 0. The van der Waals surface area contributed by atoms with Crippen molar-refractivity contribution in [3.8, 4) is 22.8 Å². The van der Waals surface area contributed by atoms with Gasteiger partial charge in [0.15, 0.2) is 0 Å². The first-order valence-electron chi connectivity index (χ1n) is 12.5. The Kier molecular flexibility index (Phi) is 5.64. The fourth-order valence-electron chi connectivity index (χ4n) is 5.37. The van der Waals surface area contributed by atoms with Crippen LogP contribution in [0.25, 0.3) is 60.4 Å². The molecule has 5 aromatic carbocycles. The third-order valence-corrected chi connectivity index (χ3v) is 7.04. The standard InChI is InChI=1S/C34H19N3O.Pt/c1-2-10-25-22(9-1)19-24(21-28(25)30-12-7-8-18-35-30)38-23-16-17-26-27-11-3-5-14-32(27)37-33-15-6-4-13-31(33)36-34(37)29(26)20-23;/h1-19H;/q-2;+2. The molecule has 0 spiro atoms. The van der Waals surface area contributed by atoms with Gasteiger partial charge in [0, 0.05) is 23.2 Å². The summed E-state index contributed by atoms with van der Waals surface area (Å²) < 4.78 is 8.63. The topological polar surface area (TPSA) is 39.4 Å². The summed E-state index contributed by atoms with van der Waals surface area (Å²) in [4.78, 5) is 9.56. The average molecular weight is 681 g/mol. The molecule has 4 nitrogen and oxygen atoms in total. The molecule has 0 bridgehead atoms. The largest absolute Gasteiger partial charge is 2.00 e. The third-order valence-electron chi connectivity index (χ3n) is 7.04. The Morgan fingerprint density at radius 2 is 1.41 bits per heavy atom. The summed E-state index contributed by atoms with van der Waals surface area (Å²) in [6, 6.07) is 43.9. The number of rotatable bonds is 3. The van der Waals surface area contributed by atoms with Gasteiger partial charge in [-0.05, 0) is 35.3 Å². The second-order valence-electron chi connectivity index (χ2n) is 9.30. The predicted octanol–water partition coefficient (Wildman–Crippen LogP) is 8.40. The van der Waals surface area contributed by atoms with Crippen molar-refractivity contribution < 1.29 is 25.8 Å². The first-order valence-corrected chi connectivity index (χ1v) is 12.5. The number of imidazole rings is 1. The molecule has 0 aliphatic heterocycles. The number of pyridine rings is 2. The molecule has 39 heavy (non-hydrogen) atoms. The van der Waals surface area contributed by atoms with E-state index < -0.39 is 0 Å². The molecule has 5 heteroatoms. The molecule has 0 fully saturated rings. The third kappa shape index (κ3) is 3.79. The quantitative estimate of drug-likeness (QED) is 0.139. The van der Waals surface area contributed by atoms with Gasteiger partial charge in [-0.15, -0.1) is 11.6 Å². The Bertz CT molecular complexity index is 2170. The van der Waals surface area contributed by atoms with Crippen LogP contribution in [0.1, 0.15) is 0 Å². The van der Waals surface area contributed by atoms with Gasteiger partial charge in [0.1, 0.15) is 0 Å². The van der Waals surface area contributed by atoms with Gasteiger partial charge < -0.3 is 14.1 Å². The van der Waals surface area contributed by atoms with Crippen LogP contribution in [0.2, 0.25) is 0 Å². The number of aromatic nitrogens is 3. The smallest absolute Gasteiger partial charge is 0.497 e. The molecule has 0 aliphatic carbocycles. The van der Waals surface area contributed by atoms with Gasteiger partial charge in [-0.1, -0.05) is 113 Å². The number of ether oxygens (including phenoxy) is 1. The van der Waals surface area contributed by atoms with Crippen LogP contribution in [0.15, 0.2) is 115 Å². The van der Waals surface area contributed by atoms with Crippen molar-refractivity contribution >= 4 is 49.1 Å². The number of hydrogen-bond acceptors (Lipinski definition) is 3. The molecule has 0 atom stereocenters. The monoisotopic (exact) mass is 680 g/mol. The predicted molar refractivity (Wildman–Crippen MR) is 153 cm³/mol. The van der Waals surface area contributed by atoms with Crippen LogP contribution in [0, 0.1) is 12.1 Å². The van der Waals surface area contributed by atoms with E-state index in [1.165, 1.54) is 0 Å². The van der Waals surface area contributed by atoms with E-state index in [1.54, 1.807) is 6.20 Å². The molecule has 0 saturated heterocycles. The van der Waals surface area contributed by atoms with Crippen molar-refractivity contribution in [1.82, 2.24) is 14.4 Å². The van der Waals surface area contributed by atoms with Crippen LogP contribution >= 0.6 is 0 Å². The van der Waals surface area contributed by atoms with Crippen molar-refractivity contribution in [2.45, 2.75) is 0 Å². The maximum Gasteiger partial charge on any atom is 2.00 e. The number of benzene rings is 5. The van der Waals surface area contributed by atoms with E-state index in [0.29, 0.717) is 11.5 Å². The second-order valence-corrected chi connectivity index (χ2v) is 9.30. The van der Waals surface area contributed by atoms with Crippen LogP contribution in [0.3, 0.4) is 0 Å². The first kappa shape index (κ1) is 23.6. The van der Waals surface area contributed by atoms with Crippen molar-refractivity contribution in [1.29, 1.82) is 0 Å². The van der Waals surface area contributed by atoms with E-state index in [-0.39, 0.29) is 21.1 Å². The number of para-hydroxylation sites is 3. The molecule has 0 N–H and O–H groups in total. The van der Waals surface area contributed by atoms with Gasteiger partial charge in [-0.2, -0.15) is 0 Å². The molecular weight excluding hydrogens is 661 g/mol. The van der Waals surface area contributed by atoms with E-state index in [0.717, 1.165) is 60.4 Å². The SMILES string of the molecule is [Pt+2].[c-]1c(Oc2[c-]c3c(cc2)c2ccccc2n2c4ccccc4nc32)cc2ccccc2c1-c1ccccn1. The van der Waals surface area contributed by atoms with Crippen LogP contribution < -0.4 is 4.74 Å². The summed E-state index contributed by atoms with van der Waals surface area (Å²) in [5.74, 6) is 1.23. The molecule has 0 unspecified atom stereocenters. The zero-order valence-electron chi connectivity index (χ0n) is 20.5. The van der Waals surface area contributed by atoms with Gasteiger partial charge in [-0.3, -0.25) is 4.98 Å². The van der Waals surface area contributed by atoms with E-state index in [1.807, 2.05) is 60.7 Å². The van der Waals surface area contributed by atoms with Crippen molar-refractivity contribution in [3.63, 3.8) is 0 Å². The zero-order chi connectivity index (χ0) is 25.1. The normalized spacial score (nSPS) is 11.4. The summed E-state index contributed by atoms with van der Waals surface area (Å²) in [7, 11) is 0. The summed E-state index contributed by atoms with van der Waals surface area (Å²) in [5, 5.41) is 5.31. The molecule has 186 valence electrons. The van der Waals surface area contributed by atoms with Crippen LogP contribution in [0.4, 0.5) is 0 Å². The molecule has 3 heterocycles. The Morgan fingerprint density at radius 3 is 2.28 bits per heavy atom. The maximum absolute atomic E-state index is 6.42. The number of hydrogen-bond donors (Lipinski definition) is 0. The molecule has 8 rings (SSSR count). The van der Waals surface area contributed by atoms with Gasteiger partial charge in [0.05, 0.1) is 16.7 Å². The van der Waals surface area contributed by atoms with Crippen molar-refractivity contribution in [3.05, 3.63) is 128 Å². The van der Waals surface area contributed by atoms with Gasteiger partial charge in [0.25, 0.3) is 0 Å². The summed E-state index contributed by atoms with van der Waals surface area (Å²) >= 11 is 0. The fourth-order valence-corrected chi connectivity index (χ4v) is 5.37. The summed E-state index contributed by atoms with van der Waals surface area (Å²) in [6.07, 6.45) is 1.80. The Hall–Kier alpha value is -4.53. The molecule has 0 saturated carbocycles. The average Bonchev–Trinajstić information content (AvgIpc) is 3.38. The molecule has 3 aromatic heterocycles. The maximum atomic E-state index is 6.42. The molecular formula is C34H19N3OPt. The Morgan fingerprint density at radius 1 is 0.641 bits per heavy atom. The Labute approximate surface area is 238 Å². The van der Waals surface area contributed by atoms with E-state index in [9.17, 15) is 0 Å². The van der Waals surface area contributed by atoms with Crippen molar-refractivity contribution in [2.24, 2.45) is 0 Å². The molecule has 0 radical (unpaired) electrons. The van der Waals surface area contributed by atoms with E-state index >= 15 is 0 Å². The molecule has 0 amide bonds. The first-order chi connectivity index (χ1) is 18.8.